The Balaban J connectivity index is 5.97. The summed E-state index contributed by atoms with van der Waals surface area (Å²) in [5, 5.41) is 8.34. The van der Waals surface area contributed by atoms with Gasteiger partial charge in [-0.15, -0.1) is 0 Å². The van der Waals surface area contributed by atoms with E-state index in [2.05, 4.69) is 55.0 Å². The van der Waals surface area contributed by atoms with Crippen LogP contribution in [0.4, 0.5) is 0 Å². The highest BCUT2D eigenvalue weighted by atomic mass is 28.1. The van der Waals surface area contributed by atoms with E-state index in [-0.39, 0.29) is 23.3 Å². The second-order valence-electron chi connectivity index (χ2n) is 7.93. The van der Waals surface area contributed by atoms with Gasteiger partial charge in [-0.1, -0.05) is 61.5 Å². The summed E-state index contributed by atoms with van der Waals surface area (Å²) in [6.07, 6.45) is 1.61. The van der Waals surface area contributed by atoms with E-state index in [4.69, 9.17) is 9.84 Å². The van der Waals surface area contributed by atoms with E-state index in [1.807, 2.05) is 0 Å². The van der Waals surface area contributed by atoms with Gasteiger partial charge in [0.2, 0.25) is 0 Å². The number of ether oxygens (including phenoxy) is 1. The summed E-state index contributed by atoms with van der Waals surface area (Å²) in [5.74, 6) is -0.784. The monoisotopic (exact) mass is 356 g/mol. The maximum Gasteiger partial charge on any atom is 0.334 e. The van der Waals surface area contributed by atoms with Crippen molar-refractivity contribution in [2.45, 2.75) is 73.0 Å². The summed E-state index contributed by atoms with van der Waals surface area (Å²) < 4.78 is 6.06. The Kier molecular flexibility index (Phi) is 8.43. The molecule has 0 aromatic heterocycles. The van der Waals surface area contributed by atoms with Crippen molar-refractivity contribution < 1.29 is 19.4 Å². The minimum absolute atomic E-state index is 0.0151. The van der Waals surface area contributed by atoms with Crippen molar-refractivity contribution >= 4 is 22.2 Å². The molecule has 0 aliphatic rings. The number of carbonyl (C=O) groups excluding carboxylic acids is 1. The Bertz CT molecular complexity index is 460. The molecule has 0 aliphatic carbocycles. The van der Waals surface area contributed by atoms with Crippen LogP contribution in [-0.4, -0.2) is 32.5 Å². The first kappa shape index (κ1) is 22.9. The van der Waals surface area contributed by atoms with Gasteiger partial charge in [0, 0.05) is 11.0 Å². The summed E-state index contributed by atoms with van der Waals surface area (Å²) in [5.41, 5.74) is -0.123. The van der Waals surface area contributed by atoms with Crippen LogP contribution in [0.3, 0.4) is 0 Å². The van der Waals surface area contributed by atoms with E-state index in [1.54, 1.807) is 0 Å². The number of rotatable bonds is 10. The lowest BCUT2D eigenvalue weighted by Crippen LogP contribution is -2.60. The topological polar surface area (TPSA) is 63.6 Å². The van der Waals surface area contributed by atoms with Crippen LogP contribution in [-0.2, 0) is 14.3 Å². The number of aliphatic carboxylic acids is 1. The lowest BCUT2D eigenvalue weighted by Gasteiger charge is -2.56. The number of carbonyl (C=O) groups is 2. The standard InChI is InChI=1S/C19H36O4Si/c1-9-10-18(12(2)3,13(4)5)19(24,14(6)7)23-17(22)15(8)11-16(20)21/h12-14H,8-11H2,1-7,24H3,(H,20,21). The Hall–Kier alpha value is -1.10. The fraction of sp³-hybridized carbons (Fsp3) is 0.789. The summed E-state index contributed by atoms with van der Waals surface area (Å²) in [6, 6.07) is 0. The molecule has 0 rings (SSSR count). The van der Waals surface area contributed by atoms with Gasteiger partial charge in [0.1, 0.15) is 0 Å². The molecule has 0 radical (unpaired) electrons. The molecule has 140 valence electrons. The van der Waals surface area contributed by atoms with Crippen molar-refractivity contribution in [1.82, 2.24) is 0 Å². The van der Waals surface area contributed by atoms with E-state index in [9.17, 15) is 9.59 Å². The Morgan fingerprint density at radius 2 is 1.54 bits per heavy atom. The zero-order valence-electron chi connectivity index (χ0n) is 16.7. The molecular formula is C19H36O4Si. The van der Waals surface area contributed by atoms with E-state index in [0.717, 1.165) is 12.8 Å². The van der Waals surface area contributed by atoms with Crippen LogP contribution in [0.25, 0.3) is 0 Å². The quantitative estimate of drug-likeness (QED) is 0.370. The molecule has 0 saturated carbocycles. The molecule has 0 bridgehead atoms. The zero-order valence-corrected chi connectivity index (χ0v) is 18.7. The van der Waals surface area contributed by atoms with E-state index >= 15 is 0 Å². The SMILES string of the molecule is C=C(CC(=O)O)C(=O)OC([SiH3])(C(C)C)C(CCC)(C(C)C)C(C)C. The lowest BCUT2D eigenvalue weighted by atomic mass is 9.59. The summed E-state index contributed by atoms with van der Waals surface area (Å²) >= 11 is 0. The molecule has 4 nitrogen and oxygen atoms in total. The minimum atomic E-state index is -1.06. The molecule has 0 aliphatic heterocycles. The maximum absolute atomic E-state index is 12.5. The molecule has 0 spiro atoms. The van der Waals surface area contributed by atoms with Gasteiger partial charge >= 0.3 is 11.9 Å². The fourth-order valence-corrected chi connectivity index (χ4v) is 5.91. The smallest absolute Gasteiger partial charge is 0.334 e. The highest BCUT2D eigenvalue weighted by Gasteiger charge is 2.55. The summed E-state index contributed by atoms with van der Waals surface area (Å²) in [7, 11) is 0.681. The van der Waals surface area contributed by atoms with Crippen molar-refractivity contribution in [3.8, 4) is 0 Å². The largest absolute Gasteiger partial charge is 0.481 e. The van der Waals surface area contributed by atoms with Crippen molar-refractivity contribution in [2.24, 2.45) is 23.2 Å². The van der Waals surface area contributed by atoms with Crippen LogP contribution in [0.2, 0.25) is 0 Å². The Labute approximate surface area is 150 Å². The van der Waals surface area contributed by atoms with Crippen molar-refractivity contribution in [2.75, 3.05) is 0 Å². The van der Waals surface area contributed by atoms with Crippen molar-refractivity contribution in [3.63, 3.8) is 0 Å². The Morgan fingerprint density at radius 3 is 1.83 bits per heavy atom. The minimum Gasteiger partial charge on any atom is -0.481 e. The summed E-state index contributed by atoms with van der Waals surface area (Å²) in [4.78, 5) is 23.4. The second-order valence-corrected chi connectivity index (χ2v) is 9.41. The third-order valence-corrected chi connectivity index (χ3v) is 8.00. The van der Waals surface area contributed by atoms with Gasteiger partial charge in [0.05, 0.1) is 21.9 Å². The van der Waals surface area contributed by atoms with Crippen LogP contribution < -0.4 is 0 Å². The molecule has 0 amide bonds. The van der Waals surface area contributed by atoms with Gasteiger partial charge < -0.3 is 9.84 Å². The number of esters is 1. The average Bonchev–Trinajstić information content (AvgIpc) is 2.42. The van der Waals surface area contributed by atoms with Crippen molar-refractivity contribution in [1.29, 1.82) is 0 Å². The first-order chi connectivity index (χ1) is 10.9. The highest BCUT2D eigenvalue weighted by Crippen LogP contribution is 2.52. The van der Waals surface area contributed by atoms with Crippen LogP contribution in [0.1, 0.15) is 67.7 Å². The molecule has 0 saturated heterocycles. The molecule has 0 aromatic carbocycles. The van der Waals surface area contributed by atoms with Crippen LogP contribution in [0.5, 0.6) is 0 Å². The maximum atomic E-state index is 12.5. The fourth-order valence-electron chi connectivity index (χ4n) is 4.32. The van der Waals surface area contributed by atoms with Gasteiger partial charge in [-0.25, -0.2) is 4.79 Å². The predicted molar refractivity (Wildman–Crippen MR) is 102 cm³/mol. The molecule has 1 N–H and O–H groups in total. The zero-order chi connectivity index (χ0) is 19.3. The van der Waals surface area contributed by atoms with E-state index < -0.39 is 17.2 Å². The summed E-state index contributed by atoms with van der Waals surface area (Å²) in [6.45, 7) is 18.8. The third kappa shape index (κ3) is 4.50. The van der Waals surface area contributed by atoms with Crippen molar-refractivity contribution in [3.05, 3.63) is 12.2 Å². The van der Waals surface area contributed by atoms with Gasteiger partial charge in [-0.2, -0.15) is 0 Å². The van der Waals surface area contributed by atoms with E-state index in [0.29, 0.717) is 22.1 Å². The third-order valence-electron chi connectivity index (χ3n) is 5.71. The number of carboxylic acid groups (broad SMARTS) is 1. The highest BCUT2D eigenvalue weighted by molar-refractivity contribution is 6.16. The number of hydrogen-bond donors (Lipinski definition) is 1. The second kappa shape index (κ2) is 8.84. The molecular weight excluding hydrogens is 320 g/mol. The van der Waals surface area contributed by atoms with Crippen LogP contribution in [0.15, 0.2) is 12.2 Å². The lowest BCUT2D eigenvalue weighted by molar-refractivity contribution is -0.177. The van der Waals surface area contributed by atoms with E-state index in [1.165, 1.54) is 0 Å². The first-order valence-corrected chi connectivity index (χ1v) is 9.99. The molecule has 24 heavy (non-hydrogen) atoms. The van der Waals surface area contributed by atoms with Crippen LogP contribution >= 0.6 is 0 Å². The number of carboxylic acids is 1. The predicted octanol–water partition coefficient (Wildman–Crippen LogP) is 3.38. The average molecular weight is 357 g/mol. The first-order valence-electron chi connectivity index (χ1n) is 8.99. The van der Waals surface area contributed by atoms with Gasteiger partial charge in [-0.3, -0.25) is 4.79 Å². The van der Waals surface area contributed by atoms with Gasteiger partial charge in [-0.05, 0) is 24.2 Å². The normalized spacial score (nSPS) is 14.9. The number of hydrogen-bond acceptors (Lipinski definition) is 3. The molecule has 5 heteroatoms. The molecule has 1 unspecified atom stereocenters. The van der Waals surface area contributed by atoms with Crippen LogP contribution in [0, 0.1) is 23.2 Å². The van der Waals surface area contributed by atoms with Gasteiger partial charge in [0.25, 0.3) is 0 Å². The van der Waals surface area contributed by atoms with Gasteiger partial charge in [0.15, 0.2) is 0 Å². The molecule has 0 heterocycles. The molecule has 1 atom stereocenters. The Morgan fingerprint density at radius 1 is 1.08 bits per heavy atom. The molecule has 0 fully saturated rings. The molecule has 0 aromatic rings.